The van der Waals surface area contributed by atoms with Gasteiger partial charge >= 0.3 is 0 Å². The van der Waals surface area contributed by atoms with Gasteiger partial charge in [0.2, 0.25) is 5.28 Å². The molecule has 1 aromatic heterocycles. The average molecular weight is 223 g/mol. The van der Waals surface area contributed by atoms with E-state index in [0.717, 1.165) is 0 Å². The number of hydrogen-bond acceptors (Lipinski definition) is 6. The first kappa shape index (κ1) is 11.0. The van der Waals surface area contributed by atoms with Gasteiger partial charge in [-0.25, -0.2) is 4.98 Å². The van der Waals surface area contributed by atoms with Crippen LogP contribution in [0.4, 0.5) is 11.5 Å². The molecule has 0 bridgehead atoms. The van der Waals surface area contributed by atoms with Crippen molar-refractivity contribution in [3.8, 4) is 12.1 Å². The van der Waals surface area contributed by atoms with Crippen molar-refractivity contribution in [2.24, 2.45) is 0 Å². The number of halogens is 1. The molecule has 0 aliphatic heterocycles. The summed E-state index contributed by atoms with van der Waals surface area (Å²) >= 11 is 5.59. The molecular weight excluding hydrogens is 216 g/mol. The maximum Gasteiger partial charge on any atom is 0.224 e. The van der Waals surface area contributed by atoms with Crippen LogP contribution in [0, 0.1) is 22.7 Å². The van der Waals surface area contributed by atoms with Crippen LogP contribution in [0.1, 0.15) is 0 Å². The van der Waals surface area contributed by atoms with Gasteiger partial charge in [0.1, 0.15) is 13.1 Å². The van der Waals surface area contributed by atoms with Gasteiger partial charge in [0.15, 0.2) is 5.82 Å². The number of anilines is 2. The molecule has 1 aromatic rings. The van der Waals surface area contributed by atoms with E-state index >= 15 is 0 Å². The van der Waals surface area contributed by atoms with E-state index in [9.17, 15) is 0 Å². The minimum absolute atomic E-state index is 0.0190. The second kappa shape index (κ2) is 4.99. The van der Waals surface area contributed by atoms with Crippen molar-refractivity contribution >= 4 is 23.1 Å². The molecule has 15 heavy (non-hydrogen) atoms. The van der Waals surface area contributed by atoms with Crippen molar-refractivity contribution in [2.75, 3.05) is 23.7 Å². The number of nitrogens with two attached hydrogens (primary N) is 1. The topological polar surface area (TPSA) is 103 Å². The highest BCUT2D eigenvalue weighted by Gasteiger charge is 2.11. The number of nitrogens with zero attached hydrogens (tertiary/aromatic N) is 5. The number of nitrogen functional groups attached to an aromatic ring is 1. The minimum atomic E-state index is 0.0190. The lowest BCUT2D eigenvalue weighted by Crippen LogP contribution is -2.26. The first-order valence-corrected chi connectivity index (χ1v) is 4.33. The Hall–Kier alpha value is -2.05. The van der Waals surface area contributed by atoms with Gasteiger partial charge in [0, 0.05) is 0 Å². The van der Waals surface area contributed by atoms with Crippen molar-refractivity contribution in [1.82, 2.24) is 9.97 Å². The molecule has 2 N–H and O–H groups in total. The summed E-state index contributed by atoms with van der Waals surface area (Å²) in [6.45, 7) is 0.0379. The fourth-order valence-corrected chi connectivity index (χ4v) is 1.12. The molecule has 0 radical (unpaired) electrons. The van der Waals surface area contributed by atoms with Crippen LogP contribution in [-0.2, 0) is 0 Å². The summed E-state index contributed by atoms with van der Waals surface area (Å²) in [5.74, 6) is 0.304. The number of rotatable bonds is 3. The first-order valence-electron chi connectivity index (χ1n) is 3.96. The summed E-state index contributed by atoms with van der Waals surface area (Å²) in [6, 6.07) is 3.83. The van der Waals surface area contributed by atoms with Gasteiger partial charge in [0.25, 0.3) is 0 Å². The van der Waals surface area contributed by atoms with E-state index in [0.29, 0.717) is 5.82 Å². The van der Waals surface area contributed by atoms with Crippen molar-refractivity contribution in [3.63, 3.8) is 0 Å². The summed E-state index contributed by atoms with van der Waals surface area (Å²) in [6.07, 6.45) is 1.34. The maximum absolute atomic E-state index is 8.57. The Bertz CT molecular complexity index is 416. The van der Waals surface area contributed by atoms with Gasteiger partial charge in [-0.1, -0.05) is 0 Å². The van der Waals surface area contributed by atoms with E-state index in [1.54, 1.807) is 0 Å². The fraction of sp³-hybridized carbons (Fsp3) is 0.250. The summed E-state index contributed by atoms with van der Waals surface area (Å²) in [7, 11) is 0. The van der Waals surface area contributed by atoms with E-state index < -0.39 is 0 Å². The van der Waals surface area contributed by atoms with E-state index in [-0.39, 0.29) is 24.1 Å². The average Bonchev–Trinajstić information content (AvgIpc) is 2.21. The van der Waals surface area contributed by atoms with Crippen molar-refractivity contribution in [3.05, 3.63) is 11.5 Å². The van der Waals surface area contributed by atoms with Crippen LogP contribution in [0.3, 0.4) is 0 Å². The highest BCUT2D eigenvalue weighted by atomic mass is 35.5. The Morgan fingerprint density at radius 1 is 1.40 bits per heavy atom. The lowest BCUT2D eigenvalue weighted by atomic mass is 10.4. The summed E-state index contributed by atoms with van der Waals surface area (Å²) in [4.78, 5) is 8.96. The van der Waals surface area contributed by atoms with Crippen LogP contribution < -0.4 is 10.6 Å². The highest BCUT2D eigenvalue weighted by Crippen LogP contribution is 2.20. The molecule has 1 heterocycles. The maximum atomic E-state index is 8.57. The van der Waals surface area contributed by atoms with Crippen LogP contribution in [0.25, 0.3) is 0 Å². The molecule has 1 rings (SSSR count). The van der Waals surface area contributed by atoms with Crippen LogP contribution in [0.15, 0.2) is 6.20 Å². The highest BCUT2D eigenvalue weighted by molar-refractivity contribution is 6.28. The molecule has 0 atom stereocenters. The Kier molecular flexibility index (Phi) is 3.67. The fourth-order valence-electron chi connectivity index (χ4n) is 0.991. The van der Waals surface area contributed by atoms with Crippen LogP contribution >= 0.6 is 11.6 Å². The molecule has 7 heteroatoms. The smallest absolute Gasteiger partial charge is 0.224 e. The van der Waals surface area contributed by atoms with Crippen molar-refractivity contribution in [1.29, 1.82) is 10.5 Å². The molecule has 0 unspecified atom stereocenters. The molecule has 0 aromatic carbocycles. The zero-order chi connectivity index (χ0) is 11.3. The van der Waals surface area contributed by atoms with E-state index in [4.69, 9.17) is 27.9 Å². The molecule has 6 nitrogen and oxygen atoms in total. The Morgan fingerprint density at radius 3 is 2.53 bits per heavy atom. The van der Waals surface area contributed by atoms with Crippen LogP contribution in [0.5, 0.6) is 0 Å². The summed E-state index contributed by atoms with van der Waals surface area (Å²) in [5, 5.41) is 17.2. The molecular formula is C8H7ClN6. The summed E-state index contributed by atoms with van der Waals surface area (Å²) in [5.41, 5.74) is 5.89. The second-order valence-corrected chi connectivity index (χ2v) is 2.93. The molecule has 0 spiro atoms. The molecule has 0 saturated carbocycles. The molecule has 0 fully saturated rings. The van der Waals surface area contributed by atoms with E-state index in [1.165, 1.54) is 11.1 Å². The zero-order valence-electron chi connectivity index (χ0n) is 7.68. The first-order chi connectivity index (χ1) is 7.19. The quantitative estimate of drug-likeness (QED) is 0.592. The monoisotopic (exact) mass is 222 g/mol. The number of aromatic nitrogens is 2. The van der Waals surface area contributed by atoms with Gasteiger partial charge in [-0.3, -0.25) is 0 Å². The molecule has 0 aliphatic rings. The van der Waals surface area contributed by atoms with Crippen LogP contribution in [0.2, 0.25) is 5.28 Å². The second-order valence-electron chi connectivity index (χ2n) is 2.59. The predicted octanol–water partition coefficient (Wildman–Crippen LogP) is 0.566. The molecule has 0 aliphatic carbocycles. The van der Waals surface area contributed by atoms with Crippen molar-refractivity contribution in [2.45, 2.75) is 0 Å². The van der Waals surface area contributed by atoms with Gasteiger partial charge < -0.3 is 10.6 Å². The lowest BCUT2D eigenvalue weighted by Gasteiger charge is -2.17. The molecule has 76 valence electrons. The molecule has 0 saturated heterocycles. The number of hydrogen-bond donors (Lipinski definition) is 1. The van der Waals surface area contributed by atoms with E-state index in [1.807, 2.05) is 12.1 Å². The van der Waals surface area contributed by atoms with Crippen molar-refractivity contribution < 1.29 is 0 Å². The van der Waals surface area contributed by atoms with Gasteiger partial charge in [-0.2, -0.15) is 15.5 Å². The van der Waals surface area contributed by atoms with Gasteiger partial charge in [-0.05, 0) is 11.6 Å². The Labute approximate surface area is 91.5 Å². The Balaban J connectivity index is 3.06. The third-order valence-corrected chi connectivity index (χ3v) is 1.77. The Morgan fingerprint density at radius 2 is 2.00 bits per heavy atom. The lowest BCUT2D eigenvalue weighted by molar-refractivity contribution is 0.929. The largest absolute Gasteiger partial charge is 0.394 e. The number of nitriles is 2. The zero-order valence-corrected chi connectivity index (χ0v) is 8.44. The van der Waals surface area contributed by atoms with E-state index in [2.05, 4.69) is 9.97 Å². The molecule has 0 amide bonds. The van der Waals surface area contributed by atoms with Crippen LogP contribution in [-0.4, -0.2) is 23.1 Å². The predicted molar refractivity (Wildman–Crippen MR) is 54.9 cm³/mol. The SMILES string of the molecule is N#CCN(CC#N)c1nc(Cl)ncc1N. The standard InChI is InChI=1S/C8H7ClN6/c9-8-13-5-6(12)7(14-8)15(3-1-10)4-2-11/h5H,3-4,12H2. The van der Waals surface area contributed by atoms with Gasteiger partial charge in [-0.15, -0.1) is 0 Å². The third kappa shape index (κ3) is 2.70. The summed E-state index contributed by atoms with van der Waals surface area (Å²) < 4.78 is 0. The normalized spacial score (nSPS) is 9.00. The third-order valence-electron chi connectivity index (χ3n) is 1.59. The minimum Gasteiger partial charge on any atom is -0.394 e. The van der Waals surface area contributed by atoms with Gasteiger partial charge in [0.05, 0.1) is 24.0 Å².